The molecule has 0 unspecified atom stereocenters. The molecule has 0 radical (unpaired) electrons. The number of hydrogen-bond donors (Lipinski definition) is 1. The Morgan fingerprint density at radius 2 is 1.67 bits per heavy atom. The summed E-state index contributed by atoms with van der Waals surface area (Å²) in [6, 6.07) is 20.3. The van der Waals surface area contributed by atoms with Crippen LogP contribution < -0.4 is 10.2 Å². The second-order valence-electron chi connectivity index (χ2n) is 6.81. The van der Waals surface area contributed by atoms with Crippen LogP contribution in [0.1, 0.15) is 24.2 Å². The van der Waals surface area contributed by atoms with Crippen molar-refractivity contribution in [2.45, 2.75) is 19.9 Å². The first-order valence-corrected chi connectivity index (χ1v) is 9.85. The summed E-state index contributed by atoms with van der Waals surface area (Å²) in [5, 5.41) is 3.34. The number of carbonyl (C=O) groups is 2. The predicted molar refractivity (Wildman–Crippen MR) is 118 cm³/mol. The number of carbonyl (C=O) groups excluding carboxylic acids is 2. The normalized spacial score (nSPS) is 10.5. The third-order valence-electron chi connectivity index (χ3n) is 4.30. The monoisotopic (exact) mass is 423 g/mol. The first-order valence-electron chi connectivity index (χ1n) is 9.47. The maximum absolute atomic E-state index is 12.8. The maximum atomic E-state index is 12.8. The van der Waals surface area contributed by atoms with Crippen LogP contribution in [0, 0.1) is 0 Å². The number of anilines is 3. The topological polar surface area (TPSA) is 71.5 Å². The van der Waals surface area contributed by atoms with Crippen molar-refractivity contribution < 1.29 is 14.3 Å². The molecule has 0 aliphatic heterocycles. The van der Waals surface area contributed by atoms with E-state index in [-0.39, 0.29) is 22.7 Å². The summed E-state index contributed by atoms with van der Waals surface area (Å²) in [5.41, 5.74) is 2.71. The summed E-state index contributed by atoms with van der Waals surface area (Å²) in [5.74, 6) is -1.02. The van der Waals surface area contributed by atoms with E-state index in [2.05, 4.69) is 10.3 Å². The predicted octanol–water partition coefficient (Wildman–Crippen LogP) is 5.08. The summed E-state index contributed by atoms with van der Waals surface area (Å²) >= 11 is 5.90. The van der Waals surface area contributed by atoms with E-state index in [4.69, 9.17) is 16.3 Å². The highest BCUT2D eigenvalue weighted by molar-refractivity contribution is 6.32. The molecule has 3 rings (SSSR count). The van der Waals surface area contributed by atoms with Crippen LogP contribution in [-0.4, -0.2) is 29.5 Å². The van der Waals surface area contributed by atoms with Crippen molar-refractivity contribution in [1.29, 1.82) is 0 Å². The van der Waals surface area contributed by atoms with Crippen molar-refractivity contribution in [3.63, 3.8) is 0 Å². The zero-order valence-corrected chi connectivity index (χ0v) is 17.5. The van der Waals surface area contributed by atoms with Gasteiger partial charge in [0.25, 0.3) is 5.91 Å². The molecule has 0 fully saturated rings. The zero-order valence-electron chi connectivity index (χ0n) is 16.7. The van der Waals surface area contributed by atoms with E-state index in [1.807, 2.05) is 68.4 Å². The van der Waals surface area contributed by atoms with Crippen molar-refractivity contribution in [3.8, 4) is 0 Å². The number of rotatable bonds is 7. The van der Waals surface area contributed by atoms with Gasteiger partial charge in [-0.2, -0.15) is 0 Å². The number of halogens is 1. The number of para-hydroxylation sites is 1. The van der Waals surface area contributed by atoms with Crippen LogP contribution in [0.3, 0.4) is 0 Å². The Hall–Kier alpha value is -3.38. The standard InChI is InChI=1S/C23H22ClN3O3/c1-16(2)27(21(28)15-30-23(29)20-9-6-14-25-22(20)24)19-12-10-18(11-13-19)26-17-7-4-3-5-8-17/h3-14,16,26H,15H2,1-2H3. The van der Waals surface area contributed by atoms with Crippen LogP contribution in [0.2, 0.25) is 5.15 Å². The van der Waals surface area contributed by atoms with Gasteiger partial charge < -0.3 is 15.0 Å². The number of pyridine rings is 1. The summed E-state index contributed by atoms with van der Waals surface area (Å²) in [6.45, 7) is 3.40. The third-order valence-corrected chi connectivity index (χ3v) is 4.60. The minimum atomic E-state index is -0.687. The second-order valence-corrected chi connectivity index (χ2v) is 7.17. The zero-order chi connectivity index (χ0) is 21.5. The lowest BCUT2D eigenvalue weighted by molar-refractivity contribution is -0.122. The number of nitrogens with one attached hydrogen (secondary N) is 1. The highest BCUT2D eigenvalue weighted by Gasteiger charge is 2.22. The van der Waals surface area contributed by atoms with Gasteiger partial charge in [-0.3, -0.25) is 4.79 Å². The molecule has 1 heterocycles. The van der Waals surface area contributed by atoms with Crippen LogP contribution in [0.15, 0.2) is 72.9 Å². The van der Waals surface area contributed by atoms with Crippen molar-refractivity contribution in [2.24, 2.45) is 0 Å². The van der Waals surface area contributed by atoms with Gasteiger partial charge in [-0.25, -0.2) is 9.78 Å². The molecule has 2 aromatic carbocycles. The molecule has 1 aromatic heterocycles. The smallest absolute Gasteiger partial charge is 0.341 e. The van der Waals surface area contributed by atoms with Gasteiger partial charge in [-0.05, 0) is 62.4 Å². The lowest BCUT2D eigenvalue weighted by Gasteiger charge is -2.27. The molecule has 0 saturated carbocycles. The summed E-state index contributed by atoms with van der Waals surface area (Å²) < 4.78 is 5.16. The fourth-order valence-electron chi connectivity index (χ4n) is 2.94. The molecule has 154 valence electrons. The fraction of sp³-hybridized carbons (Fsp3) is 0.174. The van der Waals surface area contributed by atoms with Gasteiger partial charge in [0, 0.05) is 29.3 Å². The molecule has 0 spiro atoms. The van der Waals surface area contributed by atoms with Gasteiger partial charge in [0.15, 0.2) is 6.61 Å². The van der Waals surface area contributed by atoms with Gasteiger partial charge in [0.05, 0.1) is 5.56 Å². The Balaban J connectivity index is 1.66. The molecule has 30 heavy (non-hydrogen) atoms. The van der Waals surface area contributed by atoms with Gasteiger partial charge in [-0.1, -0.05) is 29.8 Å². The van der Waals surface area contributed by atoms with Crippen LogP contribution >= 0.6 is 11.6 Å². The average molecular weight is 424 g/mol. The molecule has 0 bridgehead atoms. The van der Waals surface area contributed by atoms with E-state index < -0.39 is 12.6 Å². The maximum Gasteiger partial charge on any atom is 0.341 e. The molecule has 0 saturated heterocycles. The van der Waals surface area contributed by atoms with E-state index >= 15 is 0 Å². The summed E-state index contributed by atoms with van der Waals surface area (Å²) in [4.78, 5) is 30.4. The van der Waals surface area contributed by atoms with Gasteiger partial charge in [0.2, 0.25) is 0 Å². The summed E-state index contributed by atoms with van der Waals surface area (Å²) in [7, 11) is 0. The number of ether oxygens (including phenoxy) is 1. The number of benzene rings is 2. The number of esters is 1. The fourth-order valence-corrected chi connectivity index (χ4v) is 3.13. The molecule has 3 aromatic rings. The Morgan fingerprint density at radius 3 is 2.30 bits per heavy atom. The van der Waals surface area contributed by atoms with E-state index in [1.54, 1.807) is 11.0 Å². The van der Waals surface area contributed by atoms with E-state index in [0.29, 0.717) is 5.69 Å². The Kier molecular flexibility index (Phi) is 7.03. The molecule has 0 atom stereocenters. The molecular formula is C23H22ClN3O3. The minimum Gasteiger partial charge on any atom is -0.452 e. The molecule has 0 aliphatic rings. The van der Waals surface area contributed by atoms with Gasteiger partial charge in [0.1, 0.15) is 5.15 Å². The van der Waals surface area contributed by atoms with Crippen LogP contribution in [0.25, 0.3) is 0 Å². The van der Waals surface area contributed by atoms with E-state index in [9.17, 15) is 9.59 Å². The first-order chi connectivity index (χ1) is 14.5. The van der Waals surface area contributed by atoms with Gasteiger partial charge in [-0.15, -0.1) is 0 Å². The largest absolute Gasteiger partial charge is 0.452 e. The van der Waals surface area contributed by atoms with Crippen LogP contribution in [0.4, 0.5) is 17.1 Å². The average Bonchev–Trinajstić information content (AvgIpc) is 2.74. The molecular weight excluding hydrogens is 402 g/mol. The number of aromatic nitrogens is 1. The van der Waals surface area contributed by atoms with E-state index in [0.717, 1.165) is 11.4 Å². The molecule has 6 nitrogen and oxygen atoms in total. The van der Waals surface area contributed by atoms with Crippen molar-refractivity contribution in [3.05, 3.63) is 83.6 Å². The minimum absolute atomic E-state index is 0.0390. The van der Waals surface area contributed by atoms with Crippen molar-refractivity contribution in [2.75, 3.05) is 16.8 Å². The molecule has 1 amide bonds. The van der Waals surface area contributed by atoms with Crippen molar-refractivity contribution in [1.82, 2.24) is 4.98 Å². The Morgan fingerprint density at radius 1 is 1.00 bits per heavy atom. The van der Waals surface area contributed by atoms with Crippen LogP contribution in [-0.2, 0) is 9.53 Å². The highest BCUT2D eigenvalue weighted by atomic mass is 35.5. The van der Waals surface area contributed by atoms with E-state index in [1.165, 1.54) is 12.3 Å². The Bertz CT molecular complexity index is 1010. The lowest BCUT2D eigenvalue weighted by atomic mass is 10.2. The van der Waals surface area contributed by atoms with Gasteiger partial charge >= 0.3 is 5.97 Å². The van der Waals surface area contributed by atoms with Crippen LogP contribution in [0.5, 0.6) is 0 Å². The molecule has 7 heteroatoms. The molecule has 1 N–H and O–H groups in total. The number of hydrogen-bond acceptors (Lipinski definition) is 5. The molecule has 0 aliphatic carbocycles. The number of nitrogens with zero attached hydrogens (tertiary/aromatic N) is 2. The lowest BCUT2D eigenvalue weighted by Crippen LogP contribution is -2.39. The first kappa shape index (κ1) is 21.3. The third kappa shape index (κ3) is 5.36. The SMILES string of the molecule is CC(C)N(C(=O)COC(=O)c1cccnc1Cl)c1ccc(Nc2ccccc2)cc1. The number of amides is 1. The summed E-state index contributed by atoms with van der Waals surface area (Å²) in [6.07, 6.45) is 1.47. The second kappa shape index (κ2) is 9.89. The van der Waals surface area contributed by atoms with Crippen molar-refractivity contribution >= 4 is 40.5 Å². The highest BCUT2D eigenvalue weighted by Crippen LogP contribution is 2.23. The Labute approximate surface area is 180 Å². The quantitative estimate of drug-likeness (QED) is 0.424.